The lowest BCUT2D eigenvalue weighted by atomic mass is 9.95. The molecule has 10 unspecified atom stereocenters. The first-order valence-electron chi connectivity index (χ1n) is 11.4. The van der Waals surface area contributed by atoms with E-state index >= 15 is 0 Å². The zero-order valence-corrected chi connectivity index (χ0v) is 20.6. The highest BCUT2D eigenvalue weighted by atomic mass is 79.9. The number of rotatable bonds is 8. The standard InChI is InChI=1S/C23H30BrNO11/c24-12-3-1-11-6-13(4-2-10(11)5-12)33-22-16(25-9-28)18(30)21(15(8-27)35-22)36-23-20(32)19(31)17(29)14(7-26)34-23/h1-6,14-23,25-32H,7-9H2. The highest BCUT2D eigenvalue weighted by Gasteiger charge is 2.51. The second-order valence-electron chi connectivity index (χ2n) is 8.67. The molecule has 10 atom stereocenters. The van der Waals surface area contributed by atoms with Crippen LogP contribution in [0.5, 0.6) is 5.75 Å². The average molecular weight is 576 g/mol. The molecule has 12 nitrogen and oxygen atoms in total. The van der Waals surface area contributed by atoms with Crippen molar-refractivity contribution < 1.29 is 54.7 Å². The molecule has 200 valence electrons. The Bertz CT molecular complexity index is 1010. The van der Waals surface area contributed by atoms with Crippen molar-refractivity contribution in [3.8, 4) is 5.75 Å². The Morgan fingerprint density at radius 2 is 1.44 bits per heavy atom. The van der Waals surface area contributed by atoms with Gasteiger partial charge < -0.3 is 54.7 Å². The van der Waals surface area contributed by atoms with Crippen LogP contribution in [0.2, 0.25) is 0 Å². The van der Waals surface area contributed by atoms with Crippen molar-refractivity contribution in [3.05, 3.63) is 40.9 Å². The van der Waals surface area contributed by atoms with Crippen LogP contribution in [-0.2, 0) is 14.2 Å². The molecule has 2 aliphatic heterocycles. The predicted molar refractivity (Wildman–Crippen MR) is 127 cm³/mol. The summed E-state index contributed by atoms with van der Waals surface area (Å²) in [5.74, 6) is 0.414. The first kappa shape index (κ1) is 27.6. The number of aliphatic hydroxyl groups is 7. The van der Waals surface area contributed by atoms with Gasteiger partial charge in [-0.1, -0.05) is 28.1 Å². The number of aliphatic hydroxyl groups excluding tert-OH is 7. The van der Waals surface area contributed by atoms with Gasteiger partial charge in [0.1, 0.15) is 54.5 Å². The Kier molecular flexibility index (Phi) is 9.14. The molecule has 2 aromatic rings. The van der Waals surface area contributed by atoms with Crippen LogP contribution >= 0.6 is 15.9 Å². The van der Waals surface area contributed by atoms with Crippen molar-refractivity contribution in [1.82, 2.24) is 5.32 Å². The fraction of sp³-hybridized carbons (Fsp3) is 0.565. The maximum absolute atomic E-state index is 11.1. The van der Waals surface area contributed by atoms with Gasteiger partial charge in [-0.25, -0.2) is 0 Å². The van der Waals surface area contributed by atoms with Crippen LogP contribution < -0.4 is 10.1 Å². The van der Waals surface area contributed by atoms with Gasteiger partial charge in [-0.05, 0) is 35.0 Å². The Hall–Kier alpha value is -1.46. The molecule has 0 radical (unpaired) electrons. The molecule has 0 bridgehead atoms. The van der Waals surface area contributed by atoms with Crippen LogP contribution in [0.4, 0.5) is 0 Å². The zero-order chi connectivity index (χ0) is 26.0. The fourth-order valence-corrected chi connectivity index (χ4v) is 4.77. The molecular formula is C23H30BrNO11. The number of hydrogen-bond donors (Lipinski definition) is 8. The summed E-state index contributed by atoms with van der Waals surface area (Å²) in [6.07, 6.45) is -12.9. The van der Waals surface area contributed by atoms with E-state index in [4.69, 9.17) is 18.9 Å². The Labute approximate surface area is 214 Å². The molecule has 0 spiro atoms. The van der Waals surface area contributed by atoms with Gasteiger partial charge >= 0.3 is 0 Å². The van der Waals surface area contributed by atoms with E-state index in [9.17, 15) is 35.7 Å². The average Bonchev–Trinajstić information content (AvgIpc) is 2.87. The highest BCUT2D eigenvalue weighted by molar-refractivity contribution is 9.10. The van der Waals surface area contributed by atoms with E-state index in [1.54, 1.807) is 12.1 Å². The van der Waals surface area contributed by atoms with Gasteiger partial charge in [0.2, 0.25) is 6.29 Å². The van der Waals surface area contributed by atoms with Gasteiger partial charge in [-0.3, -0.25) is 5.32 Å². The molecule has 0 amide bonds. The SMILES string of the molecule is OCNC1C(Oc2ccc3cc(Br)ccc3c2)OC(CO)C(OC2OC(CO)C(O)C(O)C2O)C1O. The minimum absolute atomic E-state index is 0.414. The summed E-state index contributed by atoms with van der Waals surface area (Å²) in [6.45, 7) is -1.82. The monoisotopic (exact) mass is 575 g/mol. The second-order valence-corrected chi connectivity index (χ2v) is 9.59. The van der Waals surface area contributed by atoms with E-state index in [0.29, 0.717) is 5.75 Å². The van der Waals surface area contributed by atoms with E-state index < -0.39 is 81.3 Å². The van der Waals surface area contributed by atoms with Crippen molar-refractivity contribution in [2.24, 2.45) is 0 Å². The van der Waals surface area contributed by atoms with Crippen LogP contribution in [0.1, 0.15) is 0 Å². The maximum atomic E-state index is 11.1. The maximum Gasteiger partial charge on any atom is 0.218 e. The summed E-state index contributed by atoms with van der Waals surface area (Å²) in [5, 5.41) is 74.8. The van der Waals surface area contributed by atoms with Crippen molar-refractivity contribution in [2.45, 2.75) is 61.3 Å². The van der Waals surface area contributed by atoms with E-state index in [1.807, 2.05) is 24.3 Å². The first-order valence-corrected chi connectivity index (χ1v) is 12.2. The Morgan fingerprint density at radius 1 is 0.778 bits per heavy atom. The third-order valence-electron chi connectivity index (χ3n) is 6.35. The third kappa shape index (κ3) is 5.67. The number of ether oxygens (including phenoxy) is 4. The van der Waals surface area contributed by atoms with Crippen molar-refractivity contribution in [1.29, 1.82) is 0 Å². The van der Waals surface area contributed by atoms with Gasteiger partial charge in [0, 0.05) is 4.47 Å². The van der Waals surface area contributed by atoms with E-state index in [1.165, 1.54) is 0 Å². The largest absolute Gasteiger partial charge is 0.463 e. The van der Waals surface area contributed by atoms with Crippen molar-refractivity contribution in [2.75, 3.05) is 19.9 Å². The Balaban J connectivity index is 1.53. The molecule has 8 N–H and O–H groups in total. The van der Waals surface area contributed by atoms with Gasteiger partial charge in [0.25, 0.3) is 0 Å². The number of nitrogens with one attached hydrogen (secondary N) is 1. The van der Waals surface area contributed by atoms with Gasteiger partial charge in [-0.15, -0.1) is 0 Å². The molecule has 36 heavy (non-hydrogen) atoms. The quantitative estimate of drug-likeness (QED) is 0.164. The Morgan fingerprint density at radius 3 is 2.14 bits per heavy atom. The minimum atomic E-state index is -1.72. The number of fused-ring (bicyclic) bond motifs is 1. The third-order valence-corrected chi connectivity index (χ3v) is 6.84. The minimum Gasteiger partial charge on any atom is -0.463 e. The van der Waals surface area contributed by atoms with E-state index in [-0.39, 0.29) is 0 Å². The van der Waals surface area contributed by atoms with E-state index in [2.05, 4.69) is 21.2 Å². The number of halogens is 1. The topological polar surface area (TPSA) is 191 Å². The summed E-state index contributed by atoms with van der Waals surface area (Å²) in [4.78, 5) is 0. The molecule has 0 aromatic heterocycles. The van der Waals surface area contributed by atoms with Crippen LogP contribution in [0.3, 0.4) is 0 Å². The van der Waals surface area contributed by atoms with Crippen LogP contribution in [-0.4, -0.2) is 117 Å². The number of hydrogen-bond acceptors (Lipinski definition) is 12. The number of benzene rings is 2. The smallest absolute Gasteiger partial charge is 0.218 e. The molecular weight excluding hydrogens is 546 g/mol. The van der Waals surface area contributed by atoms with Crippen LogP contribution in [0.25, 0.3) is 10.8 Å². The molecule has 2 heterocycles. The van der Waals surface area contributed by atoms with E-state index in [0.717, 1.165) is 15.2 Å². The lowest BCUT2D eigenvalue weighted by Gasteiger charge is -2.47. The fourth-order valence-electron chi connectivity index (χ4n) is 4.39. The summed E-state index contributed by atoms with van der Waals surface area (Å²) in [7, 11) is 0. The predicted octanol–water partition coefficient (Wildman–Crippen LogP) is -1.85. The molecule has 0 aliphatic carbocycles. The first-order chi connectivity index (χ1) is 17.3. The molecule has 13 heteroatoms. The molecule has 2 aliphatic rings. The summed E-state index contributed by atoms with van der Waals surface area (Å²) >= 11 is 3.43. The summed E-state index contributed by atoms with van der Waals surface area (Å²) in [5.41, 5.74) is 0. The molecule has 2 aromatic carbocycles. The molecule has 0 saturated carbocycles. The molecule has 2 fully saturated rings. The van der Waals surface area contributed by atoms with Gasteiger partial charge in [0.15, 0.2) is 6.29 Å². The van der Waals surface area contributed by atoms with Crippen molar-refractivity contribution >= 4 is 26.7 Å². The second kappa shape index (κ2) is 11.9. The van der Waals surface area contributed by atoms with Gasteiger partial charge in [-0.2, -0.15) is 0 Å². The van der Waals surface area contributed by atoms with Crippen molar-refractivity contribution in [3.63, 3.8) is 0 Å². The lowest BCUT2D eigenvalue weighted by Crippen LogP contribution is -2.67. The molecule has 2 saturated heterocycles. The van der Waals surface area contributed by atoms with Gasteiger partial charge in [0.05, 0.1) is 19.9 Å². The normalized spacial score (nSPS) is 37.2. The highest BCUT2D eigenvalue weighted by Crippen LogP contribution is 2.31. The summed E-state index contributed by atoms with van der Waals surface area (Å²) < 4.78 is 23.8. The molecule has 4 rings (SSSR count). The summed E-state index contributed by atoms with van der Waals surface area (Å²) in [6, 6.07) is 10.0. The lowest BCUT2D eigenvalue weighted by molar-refractivity contribution is -0.344. The van der Waals surface area contributed by atoms with Crippen LogP contribution in [0.15, 0.2) is 40.9 Å². The van der Waals surface area contributed by atoms with Crippen LogP contribution in [0, 0.1) is 0 Å². The zero-order valence-electron chi connectivity index (χ0n) is 19.0.